The third-order valence-corrected chi connectivity index (χ3v) is 4.46. The second-order valence-corrected chi connectivity index (χ2v) is 6.44. The summed E-state index contributed by atoms with van der Waals surface area (Å²) in [5.74, 6) is -1.10. The van der Waals surface area contributed by atoms with Crippen molar-refractivity contribution < 1.29 is 18.4 Å². The quantitative estimate of drug-likeness (QED) is 0.706. The summed E-state index contributed by atoms with van der Waals surface area (Å²) >= 11 is 0. The van der Waals surface area contributed by atoms with Gasteiger partial charge >= 0.3 is 11.7 Å². The molecule has 2 heterocycles. The summed E-state index contributed by atoms with van der Waals surface area (Å²) < 4.78 is 27.8. The Bertz CT molecular complexity index is 1140. The fourth-order valence-electron chi connectivity index (χ4n) is 3.00. The predicted octanol–water partition coefficient (Wildman–Crippen LogP) is 1.63. The van der Waals surface area contributed by atoms with Gasteiger partial charge in [-0.1, -0.05) is 12.1 Å². The lowest BCUT2D eigenvalue weighted by Gasteiger charge is -2.14. The van der Waals surface area contributed by atoms with Crippen LogP contribution >= 0.6 is 0 Å². The molecule has 0 radical (unpaired) electrons. The summed E-state index contributed by atoms with van der Waals surface area (Å²) in [7, 11) is 0. The minimum atomic E-state index is -0.730. The van der Waals surface area contributed by atoms with Crippen LogP contribution in [0.15, 0.2) is 53.3 Å². The van der Waals surface area contributed by atoms with Gasteiger partial charge in [-0.3, -0.25) is 9.69 Å². The van der Waals surface area contributed by atoms with E-state index in [1.165, 1.54) is 53.4 Å². The third kappa shape index (κ3) is 3.64. The minimum Gasteiger partial charge on any atom is -0.350 e. The summed E-state index contributed by atoms with van der Waals surface area (Å²) in [5.41, 5.74) is 0.404. The summed E-state index contributed by atoms with van der Waals surface area (Å²) in [6.45, 7) is -0.160. The molecule has 0 spiro atoms. The van der Waals surface area contributed by atoms with Crippen molar-refractivity contribution in [3.8, 4) is 0 Å². The molecule has 1 aromatic heterocycles. The maximum Gasteiger partial charge on any atom is 0.354 e. The van der Waals surface area contributed by atoms with Gasteiger partial charge in [-0.25, -0.2) is 23.1 Å². The highest BCUT2D eigenvalue weighted by Gasteiger charge is 2.33. The average molecular weight is 399 g/mol. The van der Waals surface area contributed by atoms with Crippen molar-refractivity contribution in [3.05, 3.63) is 82.0 Å². The first-order valence-electron chi connectivity index (χ1n) is 8.69. The molecule has 29 heavy (non-hydrogen) atoms. The normalized spacial score (nSPS) is 12.9. The van der Waals surface area contributed by atoms with Gasteiger partial charge < -0.3 is 5.32 Å². The molecule has 0 saturated carbocycles. The number of carbonyl (C=O) groups excluding carboxylic acids is 2. The van der Waals surface area contributed by atoms with Gasteiger partial charge in [0.05, 0.1) is 6.54 Å². The maximum absolute atomic E-state index is 13.1. The molecular formula is C19H15F2N5O3. The summed E-state index contributed by atoms with van der Waals surface area (Å²) in [4.78, 5) is 38.4. The van der Waals surface area contributed by atoms with E-state index in [2.05, 4.69) is 10.4 Å². The van der Waals surface area contributed by atoms with Crippen molar-refractivity contribution in [2.24, 2.45) is 0 Å². The number of carbonyl (C=O) groups is 2. The number of hydrogen-bond donors (Lipinski definition) is 1. The Morgan fingerprint density at radius 1 is 1.00 bits per heavy atom. The van der Waals surface area contributed by atoms with E-state index < -0.39 is 23.4 Å². The van der Waals surface area contributed by atoms with Gasteiger partial charge in [-0.05, 0) is 42.0 Å². The van der Waals surface area contributed by atoms with E-state index in [9.17, 15) is 23.2 Å². The average Bonchev–Trinajstić information content (AvgIpc) is 3.18. The lowest BCUT2D eigenvalue weighted by atomic mass is 10.2. The van der Waals surface area contributed by atoms with Crippen molar-refractivity contribution in [2.75, 3.05) is 4.90 Å². The van der Waals surface area contributed by atoms with Crippen molar-refractivity contribution >= 4 is 17.6 Å². The SMILES string of the molecule is O=C(Cn1nc2n(c1=O)C(=O)N(c1ccc(F)cc1)C2)NCc1ccc(F)cc1. The van der Waals surface area contributed by atoms with Gasteiger partial charge in [-0.2, -0.15) is 9.67 Å². The first kappa shape index (κ1) is 18.5. The van der Waals surface area contributed by atoms with Crippen molar-refractivity contribution in [3.63, 3.8) is 0 Å². The zero-order valence-electron chi connectivity index (χ0n) is 15.0. The van der Waals surface area contributed by atoms with Crippen molar-refractivity contribution in [1.29, 1.82) is 0 Å². The van der Waals surface area contributed by atoms with Crippen molar-refractivity contribution in [1.82, 2.24) is 19.7 Å². The summed E-state index contributed by atoms with van der Waals surface area (Å²) in [6.07, 6.45) is 0. The van der Waals surface area contributed by atoms with E-state index in [4.69, 9.17) is 0 Å². The van der Waals surface area contributed by atoms with Crippen LogP contribution in [0.1, 0.15) is 11.4 Å². The molecule has 0 atom stereocenters. The Hall–Kier alpha value is -3.82. The first-order valence-corrected chi connectivity index (χ1v) is 8.69. The molecule has 8 nitrogen and oxygen atoms in total. The molecule has 0 bridgehead atoms. The lowest BCUT2D eigenvalue weighted by Crippen LogP contribution is -2.37. The monoisotopic (exact) mass is 399 g/mol. The molecule has 1 N–H and O–H groups in total. The Morgan fingerprint density at radius 3 is 2.24 bits per heavy atom. The second-order valence-electron chi connectivity index (χ2n) is 6.44. The molecule has 1 aliphatic heterocycles. The number of benzene rings is 2. The first-order chi connectivity index (χ1) is 13.9. The predicted molar refractivity (Wildman–Crippen MR) is 98.1 cm³/mol. The fraction of sp³-hybridized carbons (Fsp3) is 0.158. The molecule has 148 valence electrons. The number of anilines is 1. The Morgan fingerprint density at radius 2 is 1.62 bits per heavy atom. The zero-order valence-corrected chi connectivity index (χ0v) is 15.0. The number of rotatable bonds is 5. The molecule has 4 rings (SSSR count). The summed E-state index contributed by atoms with van der Waals surface area (Å²) in [6, 6.07) is 10.3. The minimum absolute atomic E-state index is 0.0317. The number of hydrogen-bond acceptors (Lipinski definition) is 4. The second kappa shape index (κ2) is 7.30. The van der Waals surface area contributed by atoms with Crippen LogP contribution < -0.4 is 15.9 Å². The fourth-order valence-corrected chi connectivity index (χ4v) is 3.00. The standard InChI is InChI=1S/C19H15F2N5O3/c20-13-3-1-12(2-4-13)9-22-17(27)11-25-19(29)26-16(23-25)10-24(18(26)28)15-7-5-14(21)6-8-15/h1-8H,9-11H2,(H,22,27). The number of nitrogens with one attached hydrogen (secondary N) is 1. The van der Waals surface area contributed by atoms with Gasteiger partial charge in [0, 0.05) is 12.2 Å². The van der Waals surface area contributed by atoms with Gasteiger partial charge in [-0.15, -0.1) is 0 Å². The van der Waals surface area contributed by atoms with Crippen LogP contribution in [-0.2, 0) is 24.4 Å². The topological polar surface area (TPSA) is 89.2 Å². The molecule has 1 aliphatic rings. The number of nitrogens with zero attached hydrogens (tertiary/aromatic N) is 4. The van der Waals surface area contributed by atoms with E-state index in [0.717, 1.165) is 9.25 Å². The number of fused-ring (bicyclic) bond motifs is 1. The molecule has 10 heteroatoms. The van der Waals surface area contributed by atoms with E-state index in [1.54, 1.807) is 0 Å². The Kier molecular flexibility index (Phi) is 4.67. The smallest absolute Gasteiger partial charge is 0.350 e. The Balaban J connectivity index is 1.43. The van der Waals surface area contributed by atoms with Gasteiger partial charge in [0.15, 0.2) is 5.82 Å². The van der Waals surface area contributed by atoms with E-state index in [0.29, 0.717) is 11.3 Å². The van der Waals surface area contributed by atoms with Crippen LogP contribution in [0.3, 0.4) is 0 Å². The van der Waals surface area contributed by atoms with Gasteiger partial charge in [0.1, 0.15) is 18.2 Å². The van der Waals surface area contributed by atoms with Gasteiger partial charge in [0.25, 0.3) is 0 Å². The molecule has 3 aromatic rings. The molecule has 2 aromatic carbocycles. The zero-order chi connectivity index (χ0) is 20.5. The molecule has 0 saturated heterocycles. The third-order valence-electron chi connectivity index (χ3n) is 4.46. The van der Waals surface area contributed by atoms with E-state index in [-0.39, 0.29) is 31.3 Å². The Labute approximate surface area is 163 Å². The van der Waals surface area contributed by atoms with Crippen molar-refractivity contribution in [2.45, 2.75) is 19.6 Å². The van der Waals surface area contributed by atoms with Crippen LogP contribution in [0.4, 0.5) is 19.3 Å². The molecule has 0 fully saturated rings. The largest absolute Gasteiger partial charge is 0.354 e. The van der Waals surface area contributed by atoms with Crippen LogP contribution in [0.2, 0.25) is 0 Å². The molecule has 2 amide bonds. The highest BCUT2D eigenvalue weighted by atomic mass is 19.1. The maximum atomic E-state index is 13.1. The van der Waals surface area contributed by atoms with Crippen LogP contribution in [-0.4, -0.2) is 26.3 Å². The van der Waals surface area contributed by atoms with E-state index in [1.807, 2.05) is 0 Å². The highest BCUT2D eigenvalue weighted by molar-refractivity contribution is 5.96. The number of halogens is 2. The van der Waals surface area contributed by atoms with Crippen LogP contribution in [0, 0.1) is 11.6 Å². The molecule has 0 unspecified atom stereocenters. The number of aromatic nitrogens is 3. The molecule has 0 aliphatic carbocycles. The van der Waals surface area contributed by atoms with Gasteiger partial charge in [0.2, 0.25) is 5.91 Å². The van der Waals surface area contributed by atoms with E-state index >= 15 is 0 Å². The van der Waals surface area contributed by atoms with Crippen LogP contribution in [0.5, 0.6) is 0 Å². The highest BCUT2D eigenvalue weighted by Crippen LogP contribution is 2.22. The summed E-state index contributed by atoms with van der Waals surface area (Å²) in [5, 5.41) is 6.67. The number of amides is 2. The van der Waals surface area contributed by atoms with Crippen LogP contribution in [0.25, 0.3) is 0 Å². The lowest BCUT2D eigenvalue weighted by molar-refractivity contribution is -0.122. The molecular weight excluding hydrogens is 384 g/mol.